The molecular formula is C17H22F3NO4. The third-order valence-electron chi connectivity index (χ3n) is 3.62. The van der Waals surface area contributed by atoms with Crippen LogP contribution in [0.15, 0.2) is 24.3 Å². The molecule has 1 fully saturated rings. The number of ether oxygens (including phenoxy) is 2. The Morgan fingerprint density at radius 3 is 2.52 bits per heavy atom. The van der Waals surface area contributed by atoms with E-state index in [9.17, 15) is 23.1 Å². The number of halogens is 3. The molecule has 8 heteroatoms. The molecule has 0 radical (unpaired) electrons. The zero-order valence-electron chi connectivity index (χ0n) is 14.3. The molecule has 1 aromatic carbocycles. The zero-order chi connectivity index (χ0) is 18.8. The van der Waals surface area contributed by atoms with Crippen LogP contribution in [0, 0.1) is 0 Å². The molecule has 0 aromatic heterocycles. The predicted octanol–water partition coefficient (Wildman–Crippen LogP) is 3.45. The molecule has 1 saturated heterocycles. The molecule has 0 spiro atoms. The summed E-state index contributed by atoms with van der Waals surface area (Å²) in [5, 5.41) is 10.2. The number of likely N-dealkylation sites (tertiary alicyclic amines) is 1. The fourth-order valence-corrected chi connectivity index (χ4v) is 2.46. The summed E-state index contributed by atoms with van der Waals surface area (Å²) in [5.74, 6) is 0.0320. The maximum Gasteiger partial charge on any atom is 0.416 e. The smallest absolute Gasteiger partial charge is 0.416 e. The van der Waals surface area contributed by atoms with Crippen LogP contribution in [-0.4, -0.2) is 47.0 Å². The second-order valence-corrected chi connectivity index (χ2v) is 6.96. The largest absolute Gasteiger partial charge is 0.488 e. The first-order valence-electron chi connectivity index (χ1n) is 7.95. The summed E-state index contributed by atoms with van der Waals surface area (Å²) in [6, 6.07) is 4.50. The number of amides is 1. The van der Waals surface area contributed by atoms with Gasteiger partial charge in [-0.15, -0.1) is 0 Å². The normalized spacial score (nSPS) is 21.8. The van der Waals surface area contributed by atoms with Gasteiger partial charge in [0.25, 0.3) is 0 Å². The van der Waals surface area contributed by atoms with Gasteiger partial charge in [-0.05, 0) is 39.0 Å². The fraction of sp³-hybridized carbons (Fsp3) is 0.588. The van der Waals surface area contributed by atoms with E-state index in [-0.39, 0.29) is 25.3 Å². The molecule has 0 aliphatic carbocycles. The predicted molar refractivity (Wildman–Crippen MR) is 84.3 cm³/mol. The molecular weight excluding hydrogens is 339 g/mol. The van der Waals surface area contributed by atoms with E-state index in [0.29, 0.717) is 0 Å². The van der Waals surface area contributed by atoms with Crippen LogP contribution >= 0.6 is 0 Å². The topological polar surface area (TPSA) is 59.0 Å². The number of aliphatic hydroxyl groups is 1. The van der Waals surface area contributed by atoms with Gasteiger partial charge in [0.05, 0.1) is 12.1 Å². The first-order valence-corrected chi connectivity index (χ1v) is 7.95. The first kappa shape index (κ1) is 19.4. The number of hydrogen-bond acceptors (Lipinski definition) is 4. The lowest BCUT2D eigenvalue weighted by molar-refractivity contribution is -0.137. The monoisotopic (exact) mass is 361 g/mol. The number of aliphatic hydroxyl groups excluding tert-OH is 1. The summed E-state index contributed by atoms with van der Waals surface area (Å²) in [5.41, 5.74) is -1.46. The van der Waals surface area contributed by atoms with Crippen LogP contribution in [0.4, 0.5) is 18.0 Å². The number of piperidine rings is 1. The van der Waals surface area contributed by atoms with E-state index in [1.807, 2.05) is 0 Å². The van der Waals surface area contributed by atoms with Crippen molar-refractivity contribution in [2.45, 2.75) is 51.2 Å². The summed E-state index contributed by atoms with van der Waals surface area (Å²) >= 11 is 0. The first-order chi connectivity index (χ1) is 11.5. The van der Waals surface area contributed by atoms with E-state index in [0.717, 1.165) is 12.1 Å². The lowest BCUT2D eigenvalue weighted by Crippen LogP contribution is -2.52. The van der Waals surface area contributed by atoms with Gasteiger partial charge in [-0.3, -0.25) is 0 Å². The van der Waals surface area contributed by atoms with E-state index < -0.39 is 35.6 Å². The van der Waals surface area contributed by atoms with Gasteiger partial charge in [-0.2, -0.15) is 13.2 Å². The summed E-state index contributed by atoms with van der Waals surface area (Å²) in [6.45, 7) is 5.51. The van der Waals surface area contributed by atoms with Crippen LogP contribution in [0.1, 0.15) is 32.8 Å². The summed E-state index contributed by atoms with van der Waals surface area (Å²) in [4.78, 5) is 13.4. The lowest BCUT2D eigenvalue weighted by atomic mass is 10.0. The van der Waals surface area contributed by atoms with Gasteiger partial charge < -0.3 is 19.5 Å². The minimum Gasteiger partial charge on any atom is -0.488 e. The minimum absolute atomic E-state index is 0.00145. The van der Waals surface area contributed by atoms with Crippen molar-refractivity contribution in [3.8, 4) is 5.75 Å². The number of hydrogen-bond donors (Lipinski definition) is 1. The highest BCUT2D eigenvalue weighted by molar-refractivity contribution is 5.68. The quantitative estimate of drug-likeness (QED) is 0.877. The van der Waals surface area contributed by atoms with E-state index >= 15 is 0 Å². The Hall–Kier alpha value is -1.96. The number of benzene rings is 1. The van der Waals surface area contributed by atoms with Crippen LogP contribution in [0.25, 0.3) is 0 Å². The average Bonchev–Trinajstić information content (AvgIpc) is 2.47. The minimum atomic E-state index is -4.46. The molecule has 0 unspecified atom stereocenters. The Balaban J connectivity index is 1.97. The summed E-state index contributed by atoms with van der Waals surface area (Å²) < 4.78 is 49.0. The SMILES string of the molecule is CC(C)(C)OC(=O)N1CC[C@@H](Oc2cccc(C(F)(F)F)c2)[C@H](O)C1. The molecule has 1 aliphatic heterocycles. The van der Waals surface area contributed by atoms with Crippen LogP contribution < -0.4 is 4.74 Å². The summed E-state index contributed by atoms with van der Waals surface area (Å²) in [6.07, 6.45) is -6.42. The van der Waals surface area contributed by atoms with Gasteiger partial charge in [0.1, 0.15) is 23.6 Å². The number of carbonyl (C=O) groups excluding carboxylic acids is 1. The van der Waals surface area contributed by atoms with E-state index in [1.165, 1.54) is 17.0 Å². The molecule has 2 atom stereocenters. The Bertz CT molecular complexity index is 613. The van der Waals surface area contributed by atoms with Crippen molar-refractivity contribution in [2.75, 3.05) is 13.1 Å². The molecule has 140 valence electrons. The van der Waals surface area contributed by atoms with Crippen molar-refractivity contribution in [1.29, 1.82) is 0 Å². The van der Waals surface area contributed by atoms with Crippen molar-refractivity contribution < 1.29 is 32.5 Å². The molecule has 5 nitrogen and oxygen atoms in total. The van der Waals surface area contributed by atoms with E-state index in [2.05, 4.69) is 0 Å². The van der Waals surface area contributed by atoms with Crippen LogP contribution in [0.3, 0.4) is 0 Å². The zero-order valence-corrected chi connectivity index (χ0v) is 14.3. The highest BCUT2D eigenvalue weighted by Crippen LogP contribution is 2.32. The average molecular weight is 361 g/mol. The van der Waals surface area contributed by atoms with Crippen molar-refractivity contribution >= 4 is 6.09 Å². The molecule has 0 bridgehead atoms. The molecule has 25 heavy (non-hydrogen) atoms. The number of β-amino-alcohol motifs (C(OH)–C–C–N with tert-alkyl or cyclic N) is 1. The van der Waals surface area contributed by atoms with Gasteiger partial charge in [0.15, 0.2) is 0 Å². The van der Waals surface area contributed by atoms with Crippen molar-refractivity contribution in [3.05, 3.63) is 29.8 Å². The number of carbonyl (C=O) groups is 1. The highest BCUT2D eigenvalue weighted by Gasteiger charge is 2.34. The second kappa shape index (κ2) is 7.11. The van der Waals surface area contributed by atoms with E-state index in [4.69, 9.17) is 9.47 Å². The summed E-state index contributed by atoms with van der Waals surface area (Å²) in [7, 11) is 0. The third kappa shape index (κ3) is 5.52. The lowest BCUT2D eigenvalue weighted by Gasteiger charge is -2.36. The van der Waals surface area contributed by atoms with Crippen molar-refractivity contribution in [2.24, 2.45) is 0 Å². The Morgan fingerprint density at radius 1 is 1.28 bits per heavy atom. The Labute approximate surface area is 144 Å². The van der Waals surface area contributed by atoms with Gasteiger partial charge in [-0.25, -0.2) is 4.79 Å². The second-order valence-electron chi connectivity index (χ2n) is 6.96. The van der Waals surface area contributed by atoms with Gasteiger partial charge >= 0.3 is 12.3 Å². The maximum atomic E-state index is 12.7. The molecule has 2 rings (SSSR count). The molecule has 0 saturated carbocycles. The van der Waals surface area contributed by atoms with Crippen molar-refractivity contribution in [1.82, 2.24) is 4.90 Å². The van der Waals surface area contributed by atoms with Gasteiger partial charge in [-0.1, -0.05) is 6.07 Å². The standard InChI is InChI=1S/C17H22F3NO4/c1-16(2,3)25-15(23)21-8-7-14(13(22)10-21)24-12-6-4-5-11(9-12)17(18,19)20/h4-6,9,13-14,22H,7-8,10H2,1-3H3/t13-,14-/m1/s1. The van der Waals surface area contributed by atoms with Crippen LogP contribution in [0.2, 0.25) is 0 Å². The fourth-order valence-electron chi connectivity index (χ4n) is 2.46. The van der Waals surface area contributed by atoms with Crippen molar-refractivity contribution in [3.63, 3.8) is 0 Å². The maximum absolute atomic E-state index is 12.7. The van der Waals surface area contributed by atoms with Crippen LogP contribution in [-0.2, 0) is 10.9 Å². The molecule has 1 aromatic rings. The van der Waals surface area contributed by atoms with Gasteiger partial charge in [0.2, 0.25) is 0 Å². The Kier molecular flexibility index (Phi) is 5.51. The third-order valence-corrected chi connectivity index (χ3v) is 3.62. The number of alkyl halides is 3. The van der Waals surface area contributed by atoms with E-state index in [1.54, 1.807) is 20.8 Å². The molecule has 1 amide bonds. The van der Waals surface area contributed by atoms with Crippen LogP contribution in [0.5, 0.6) is 5.75 Å². The molecule has 1 heterocycles. The molecule has 1 N–H and O–H groups in total. The number of rotatable bonds is 2. The Morgan fingerprint density at radius 2 is 1.96 bits per heavy atom. The molecule has 1 aliphatic rings. The number of nitrogens with zero attached hydrogens (tertiary/aromatic N) is 1. The van der Waals surface area contributed by atoms with Gasteiger partial charge in [0, 0.05) is 13.0 Å². The highest BCUT2D eigenvalue weighted by atomic mass is 19.4.